The average Bonchev–Trinajstić information content (AvgIpc) is 3.00. The average molecular weight is 472 g/mol. The van der Waals surface area contributed by atoms with Crippen LogP contribution in [0.1, 0.15) is 69.2 Å². The largest absolute Gasteiger partial charge is 0.444 e. The van der Waals surface area contributed by atoms with Crippen molar-refractivity contribution < 1.29 is 22.7 Å². The molecule has 1 aromatic heterocycles. The van der Waals surface area contributed by atoms with E-state index in [0.717, 1.165) is 42.1 Å². The van der Waals surface area contributed by atoms with Gasteiger partial charge in [0.15, 0.2) is 5.15 Å². The lowest BCUT2D eigenvalue weighted by Gasteiger charge is -2.38. The third kappa shape index (κ3) is 5.57. The summed E-state index contributed by atoms with van der Waals surface area (Å²) in [6, 6.07) is 4.73. The highest BCUT2D eigenvalue weighted by molar-refractivity contribution is 6.30. The Hall–Kier alpha value is -2.22. The Morgan fingerprint density at radius 1 is 1.16 bits per heavy atom. The summed E-state index contributed by atoms with van der Waals surface area (Å²) in [5.41, 5.74) is 0.187. The zero-order chi connectivity index (χ0) is 23.7. The summed E-state index contributed by atoms with van der Waals surface area (Å²) in [6.07, 6.45) is -2.15. The van der Waals surface area contributed by atoms with Crippen LogP contribution in [0.4, 0.5) is 18.0 Å². The Bertz CT molecular complexity index is 949. The van der Waals surface area contributed by atoms with E-state index in [2.05, 4.69) is 16.5 Å². The first-order valence-electron chi connectivity index (χ1n) is 10.8. The van der Waals surface area contributed by atoms with Gasteiger partial charge in [0.2, 0.25) is 0 Å². The van der Waals surface area contributed by atoms with Gasteiger partial charge < -0.3 is 9.30 Å². The van der Waals surface area contributed by atoms with Gasteiger partial charge in [-0.1, -0.05) is 30.7 Å². The molecule has 0 spiro atoms. The number of imidazole rings is 1. The molecule has 1 aliphatic heterocycles. The zero-order valence-corrected chi connectivity index (χ0v) is 19.6. The summed E-state index contributed by atoms with van der Waals surface area (Å²) in [6.45, 7) is 8.50. The SMILES string of the molecule is CCCc1nc(Cl)c2n1CCN(C(=O)OC(C)(C)C)C2CCc1ccc(C(F)(F)F)cc1. The highest BCUT2D eigenvalue weighted by Crippen LogP contribution is 2.37. The lowest BCUT2D eigenvalue weighted by molar-refractivity contribution is -0.137. The van der Waals surface area contributed by atoms with Gasteiger partial charge in [0.25, 0.3) is 0 Å². The van der Waals surface area contributed by atoms with Crippen molar-refractivity contribution in [3.63, 3.8) is 0 Å². The molecule has 2 heterocycles. The molecule has 1 unspecified atom stereocenters. The summed E-state index contributed by atoms with van der Waals surface area (Å²) in [5, 5.41) is 0.360. The maximum Gasteiger partial charge on any atom is 0.416 e. The van der Waals surface area contributed by atoms with Crippen LogP contribution >= 0.6 is 11.6 Å². The number of halogens is 4. The van der Waals surface area contributed by atoms with Crippen LogP contribution in [0.5, 0.6) is 0 Å². The highest BCUT2D eigenvalue weighted by atomic mass is 35.5. The van der Waals surface area contributed by atoms with E-state index in [4.69, 9.17) is 16.3 Å². The van der Waals surface area contributed by atoms with Gasteiger partial charge in [0.1, 0.15) is 11.4 Å². The number of aromatic nitrogens is 2. The molecule has 0 saturated carbocycles. The van der Waals surface area contributed by atoms with E-state index in [-0.39, 0.29) is 6.04 Å². The van der Waals surface area contributed by atoms with E-state index in [1.165, 1.54) is 12.1 Å². The number of fused-ring (bicyclic) bond motifs is 1. The van der Waals surface area contributed by atoms with E-state index in [9.17, 15) is 18.0 Å². The predicted molar refractivity (Wildman–Crippen MR) is 117 cm³/mol. The van der Waals surface area contributed by atoms with Crippen LogP contribution < -0.4 is 0 Å². The number of alkyl halides is 3. The first kappa shape index (κ1) is 24.4. The number of aryl methyl sites for hydroxylation is 2. The van der Waals surface area contributed by atoms with Crippen molar-refractivity contribution in [1.29, 1.82) is 0 Å². The molecule has 0 radical (unpaired) electrons. The molecule has 5 nitrogen and oxygen atoms in total. The number of nitrogens with zero attached hydrogens (tertiary/aromatic N) is 3. The normalized spacial score (nSPS) is 16.8. The van der Waals surface area contributed by atoms with Crippen LogP contribution in [0.15, 0.2) is 24.3 Å². The Balaban J connectivity index is 1.88. The smallest absolute Gasteiger partial charge is 0.416 e. The summed E-state index contributed by atoms with van der Waals surface area (Å²) < 4.78 is 46.3. The summed E-state index contributed by atoms with van der Waals surface area (Å²) >= 11 is 6.51. The molecule has 1 atom stereocenters. The molecule has 0 N–H and O–H groups in total. The van der Waals surface area contributed by atoms with Crippen molar-refractivity contribution in [1.82, 2.24) is 14.5 Å². The van der Waals surface area contributed by atoms with Gasteiger partial charge in [-0.15, -0.1) is 0 Å². The molecule has 2 aromatic rings. The third-order valence-corrected chi connectivity index (χ3v) is 5.66. The number of carbonyl (C=O) groups excluding carboxylic acids is 1. The molecule has 3 rings (SSSR count). The minimum atomic E-state index is -4.37. The van der Waals surface area contributed by atoms with Crippen LogP contribution in [0.2, 0.25) is 5.15 Å². The Morgan fingerprint density at radius 3 is 2.38 bits per heavy atom. The standard InChI is InChI=1S/C23H29ClF3N3O2/c1-5-6-18-28-20(24)19-17(12-9-15-7-10-16(11-8-15)23(25,26)27)29(13-14-30(18)19)21(31)32-22(2,3)4/h7-8,10-11,17H,5-6,9,12-14H2,1-4H3. The van der Waals surface area contributed by atoms with Gasteiger partial charge >= 0.3 is 12.3 Å². The number of carbonyl (C=O) groups is 1. The van der Waals surface area contributed by atoms with E-state index in [0.29, 0.717) is 31.1 Å². The van der Waals surface area contributed by atoms with Crippen LogP contribution in [-0.2, 0) is 30.3 Å². The van der Waals surface area contributed by atoms with Crippen molar-refractivity contribution in [2.75, 3.05) is 6.54 Å². The summed E-state index contributed by atoms with van der Waals surface area (Å²) in [5.74, 6) is 0.885. The van der Waals surface area contributed by atoms with Gasteiger partial charge in [0.05, 0.1) is 17.3 Å². The maximum atomic E-state index is 13.0. The van der Waals surface area contributed by atoms with Crippen molar-refractivity contribution in [2.24, 2.45) is 0 Å². The molecule has 1 aliphatic rings. The molecule has 0 aliphatic carbocycles. The van der Waals surface area contributed by atoms with E-state index in [1.807, 2.05) is 20.8 Å². The van der Waals surface area contributed by atoms with Crippen LogP contribution in [0.25, 0.3) is 0 Å². The fourth-order valence-corrected chi connectivity index (χ4v) is 4.29. The van der Waals surface area contributed by atoms with Crippen molar-refractivity contribution >= 4 is 17.7 Å². The molecule has 1 aromatic carbocycles. The molecule has 1 amide bonds. The fourth-order valence-electron chi connectivity index (χ4n) is 3.97. The number of amides is 1. The number of hydrogen-bond acceptors (Lipinski definition) is 3. The molecule has 0 saturated heterocycles. The Labute approximate surface area is 191 Å². The second kappa shape index (κ2) is 9.33. The van der Waals surface area contributed by atoms with Crippen LogP contribution in [0, 0.1) is 0 Å². The second-order valence-electron chi connectivity index (χ2n) is 9.03. The lowest BCUT2D eigenvalue weighted by Crippen LogP contribution is -2.45. The predicted octanol–water partition coefficient (Wildman–Crippen LogP) is 6.43. The molecular weight excluding hydrogens is 443 g/mol. The third-order valence-electron chi connectivity index (χ3n) is 5.39. The van der Waals surface area contributed by atoms with Crippen LogP contribution in [0.3, 0.4) is 0 Å². The number of benzene rings is 1. The summed E-state index contributed by atoms with van der Waals surface area (Å²) in [7, 11) is 0. The molecule has 32 heavy (non-hydrogen) atoms. The molecule has 176 valence electrons. The molecular formula is C23H29ClF3N3O2. The van der Waals surface area contributed by atoms with Crippen molar-refractivity contribution in [2.45, 2.75) is 77.7 Å². The maximum absolute atomic E-state index is 13.0. The quantitative estimate of drug-likeness (QED) is 0.504. The molecule has 0 fully saturated rings. The van der Waals surface area contributed by atoms with Crippen molar-refractivity contribution in [3.8, 4) is 0 Å². The topological polar surface area (TPSA) is 47.4 Å². The van der Waals surface area contributed by atoms with Gasteiger partial charge in [-0.2, -0.15) is 13.2 Å². The van der Waals surface area contributed by atoms with Gasteiger partial charge in [-0.3, -0.25) is 4.90 Å². The highest BCUT2D eigenvalue weighted by Gasteiger charge is 2.37. The number of ether oxygens (including phenoxy) is 1. The molecule has 0 bridgehead atoms. The Kier molecular flexibility index (Phi) is 7.12. The van der Waals surface area contributed by atoms with Gasteiger partial charge in [-0.25, -0.2) is 9.78 Å². The first-order chi connectivity index (χ1) is 14.9. The van der Waals surface area contributed by atoms with E-state index in [1.54, 1.807) is 4.90 Å². The van der Waals surface area contributed by atoms with Gasteiger partial charge in [0, 0.05) is 19.5 Å². The Morgan fingerprint density at radius 2 is 1.81 bits per heavy atom. The zero-order valence-electron chi connectivity index (χ0n) is 18.8. The summed E-state index contributed by atoms with van der Waals surface area (Å²) in [4.78, 5) is 19.1. The number of rotatable bonds is 5. The minimum absolute atomic E-state index is 0.360. The van der Waals surface area contributed by atoms with Gasteiger partial charge in [-0.05, 0) is 57.7 Å². The van der Waals surface area contributed by atoms with Crippen molar-refractivity contribution in [3.05, 3.63) is 52.1 Å². The number of hydrogen-bond donors (Lipinski definition) is 0. The van der Waals surface area contributed by atoms with E-state index < -0.39 is 23.4 Å². The monoisotopic (exact) mass is 471 g/mol. The fraction of sp³-hybridized carbons (Fsp3) is 0.565. The van der Waals surface area contributed by atoms with Crippen LogP contribution in [-0.4, -0.2) is 32.7 Å². The minimum Gasteiger partial charge on any atom is -0.444 e. The van der Waals surface area contributed by atoms with E-state index >= 15 is 0 Å². The first-order valence-corrected chi connectivity index (χ1v) is 11.2. The molecule has 9 heteroatoms. The lowest BCUT2D eigenvalue weighted by atomic mass is 9.99. The second-order valence-corrected chi connectivity index (χ2v) is 9.39.